The number of hydrogen-bond donors (Lipinski definition) is 2. The number of nitrogen functional groups attached to an aromatic ring is 1. The number of nitriles is 1. The maximum Gasteiger partial charge on any atom is 0.242 e. The van der Waals surface area contributed by atoms with Crippen LogP contribution in [-0.2, 0) is 10.0 Å². The van der Waals surface area contributed by atoms with Gasteiger partial charge in [0.05, 0.1) is 17.3 Å². The van der Waals surface area contributed by atoms with Crippen LogP contribution in [0.1, 0.15) is 31.7 Å². The van der Waals surface area contributed by atoms with E-state index in [0.717, 1.165) is 19.3 Å². The molecule has 0 amide bonds. The van der Waals surface area contributed by atoms with Crippen molar-refractivity contribution in [1.82, 2.24) is 4.72 Å². The molecule has 1 aliphatic carbocycles. The van der Waals surface area contributed by atoms with E-state index in [-0.39, 0.29) is 16.6 Å². The first-order valence-corrected chi connectivity index (χ1v) is 7.74. The fraction of sp³-hybridized carbons (Fsp3) is 0.462. The van der Waals surface area contributed by atoms with Crippen molar-refractivity contribution < 1.29 is 8.42 Å². The second kappa shape index (κ2) is 5.19. The minimum absolute atomic E-state index is 0.0395. The summed E-state index contributed by atoms with van der Waals surface area (Å²) in [5.41, 5.74) is 6.17. The van der Waals surface area contributed by atoms with Gasteiger partial charge in [-0.3, -0.25) is 0 Å². The summed E-state index contributed by atoms with van der Waals surface area (Å²) in [6.45, 7) is 1.88. The summed E-state index contributed by atoms with van der Waals surface area (Å²) in [6.07, 6.45) is 3.29. The van der Waals surface area contributed by atoms with Crippen LogP contribution < -0.4 is 10.5 Å². The molecule has 19 heavy (non-hydrogen) atoms. The van der Waals surface area contributed by atoms with Crippen LogP contribution in [0.2, 0.25) is 0 Å². The van der Waals surface area contributed by atoms with Crippen molar-refractivity contribution in [3.05, 3.63) is 23.8 Å². The van der Waals surface area contributed by atoms with E-state index in [9.17, 15) is 8.42 Å². The minimum Gasteiger partial charge on any atom is -0.398 e. The largest absolute Gasteiger partial charge is 0.398 e. The van der Waals surface area contributed by atoms with Gasteiger partial charge >= 0.3 is 0 Å². The molecule has 5 nitrogen and oxygen atoms in total. The smallest absolute Gasteiger partial charge is 0.242 e. The number of hydrogen-bond acceptors (Lipinski definition) is 4. The van der Waals surface area contributed by atoms with Crippen LogP contribution in [0.25, 0.3) is 0 Å². The lowest BCUT2D eigenvalue weighted by Gasteiger charge is -2.31. The molecule has 102 valence electrons. The second-order valence-corrected chi connectivity index (χ2v) is 6.65. The Balaban J connectivity index is 2.21. The highest BCUT2D eigenvalue weighted by Crippen LogP contribution is 2.30. The lowest BCUT2D eigenvalue weighted by Crippen LogP contribution is -2.40. The Kier molecular flexibility index (Phi) is 3.78. The van der Waals surface area contributed by atoms with E-state index < -0.39 is 10.0 Å². The first kappa shape index (κ1) is 13.8. The minimum atomic E-state index is -3.62. The van der Waals surface area contributed by atoms with Crippen molar-refractivity contribution in [3.8, 4) is 6.07 Å². The molecule has 1 atom stereocenters. The normalized spacial score (nSPS) is 17.5. The van der Waals surface area contributed by atoms with Crippen molar-refractivity contribution in [3.63, 3.8) is 0 Å². The molecule has 1 aromatic carbocycles. The summed E-state index contributed by atoms with van der Waals surface area (Å²) >= 11 is 0. The molecule has 6 heteroatoms. The number of nitrogens with zero attached hydrogens (tertiary/aromatic N) is 1. The van der Waals surface area contributed by atoms with Gasteiger partial charge < -0.3 is 5.73 Å². The van der Waals surface area contributed by atoms with E-state index in [4.69, 9.17) is 11.0 Å². The Hall–Kier alpha value is -1.58. The molecule has 0 aliphatic heterocycles. The monoisotopic (exact) mass is 279 g/mol. The van der Waals surface area contributed by atoms with Crippen LogP contribution in [-0.4, -0.2) is 14.5 Å². The first-order chi connectivity index (χ1) is 8.94. The number of benzene rings is 1. The molecular weight excluding hydrogens is 262 g/mol. The lowest BCUT2D eigenvalue weighted by atomic mass is 9.81. The zero-order valence-corrected chi connectivity index (χ0v) is 11.6. The van der Waals surface area contributed by atoms with Gasteiger partial charge in [-0.25, -0.2) is 13.1 Å². The Bertz CT molecular complexity index is 615. The summed E-state index contributed by atoms with van der Waals surface area (Å²) in [7, 11) is -3.62. The molecule has 0 radical (unpaired) electrons. The predicted octanol–water partition coefficient (Wildman–Crippen LogP) is 1.61. The topological polar surface area (TPSA) is 96.0 Å². The molecule has 1 unspecified atom stereocenters. The van der Waals surface area contributed by atoms with Gasteiger partial charge in [-0.15, -0.1) is 0 Å². The highest BCUT2D eigenvalue weighted by Gasteiger charge is 2.28. The highest BCUT2D eigenvalue weighted by atomic mass is 32.2. The molecule has 0 aromatic heterocycles. The number of sulfonamides is 1. The fourth-order valence-corrected chi connectivity index (χ4v) is 3.63. The Labute approximate surface area is 113 Å². The van der Waals surface area contributed by atoms with Crippen LogP contribution in [0.3, 0.4) is 0 Å². The third-order valence-electron chi connectivity index (χ3n) is 3.63. The van der Waals surface area contributed by atoms with Crippen molar-refractivity contribution in [2.75, 3.05) is 5.73 Å². The third kappa shape index (κ3) is 2.88. The summed E-state index contributed by atoms with van der Waals surface area (Å²) < 4.78 is 27.1. The van der Waals surface area contributed by atoms with Crippen LogP contribution in [0.15, 0.2) is 23.1 Å². The van der Waals surface area contributed by atoms with Gasteiger partial charge in [0.2, 0.25) is 10.0 Å². The number of nitrogens with two attached hydrogens (primary N) is 1. The standard InChI is InChI=1S/C13H17N3O2S/c1-9(11-3-2-4-11)16-19(17,18)13-6-5-10(8-14)7-12(13)15/h5-7,9,11,16H,2-4,15H2,1H3. The van der Waals surface area contributed by atoms with E-state index in [1.807, 2.05) is 13.0 Å². The maximum atomic E-state index is 12.2. The van der Waals surface area contributed by atoms with Crippen molar-refractivity contribution in [2.45, 2.75) is 37.1 Å². The average molecular weight is 279 g/mol. The predicted molar refractivity (Wildman–Crippen MR) is 72.7 cm³/mol. The van der Waals surface area contributed by atoms with Gasteiger partial charge in [-0.2, -0.15) is 5.26 Å². The van der Waals surface area contributed by atoms with E-state index in [1.54, 1.807) is 0 Å². The number of nitrogens with one attached hydrogen (secondary N) is 1. The van der Waals surface area contributed by atoms with Crippen LogP contribution >= 0.6 is 0 Å². The Morgan fingerprint density at radius 3 is 2.63 bits per heavy atom. The second-order valence-electron chi connectivity index (χ2n) is 4.97. The molecule has 0 heterocycles. The van der Waals surface area contributed by atoms with Gasteiger partial charge in [0, 0.05) is 6.04 Å². The molecule has 0 saturated heterocycles. The summed E-state index contributed by atoms with van der Waals surface area (Å²) in [5, 5.41) is 8.74. The van der Waals surface area contributed by atoms with Crippen molar-refractivity contribution in [1.29, 1.82) is 5.26 Å². The quantitative estimate of drug-likeness (QED) is 0.818. The molecule has 1 saturated carbocycles. The van der Waals surface area contributed by atoms with E-state index in [1.165, 1.54) is 18.2 Å². The summed E-state index contributed by atoms with van der Waals surface area (Å²) in [6, 6.07) is 6.05. The molecule has 0 spiro atoms. The third-order valence-corrected chi connectivity index (χ3v) is 5.26. The van der Waals surface area contributed by atoms with E-state index >= 15 is 0 Å². The Morgan fingerprint density at radius 2 is 2.16 bits per heavy atom. The van der Waals surface area contributed by atoms with Gasteiger partial charge in [0.25, 0.3) is 0 Å². The fourth-order valence-electron chi connectivity index (χ4n) is 2.21. The van der Waals surface area contributed by atoms with Crippen LogP contribution in [0.5, 0.6) is 0 Å². The maximum absolute atomic E-state index is 12.2. The average Bonchev–Trinajstić information content (AvgIpc) is 2.24. The number of rotatable bonds is 4. The van der Waals surface area contributed by atoms with Crippen LogP contribution in [0.4, 0.5) is 5.69 Å². The number of anilines is 1. The van der Waals surface area contributed by atoms with Gasteiger partial charge in [-0.05, 0) is 43.9 Å². The van der Waals surface area contributed by atoms with Gasteiger partial charge in [0.1, 0.15) is 4.90 Å². The molecule has 1 aromatic rings. The first-order valence-electron chi connectivity index (χ1n) is 6.26. The molecule has 0 bridgehead atoms. The van der Waals surface area contributed by atoms with E-state index in [0.29, 0.717) is 11.5 Å². The van der Waals surface area contributed by atoms with Crippen LogP contribution in [0, 0.1) is 17.2 Å². The zero-order valence-electron chi connectivity index (χ0n) is 10.8. The molecule has 1 aliphatic rings. The summed E-state index contributed by atoms with van der Waals surface area (Å²) in [5.74, 6) is 0.411. The molecule has 3 N–H and O–H groups in total. The molecular formula is C13H17N3O2S. The lowest BCUT2D eigenvalue weighted by molar-refractivity contribution is 0.260. The SMILES string of the molecule is CC(NS(=O)(=O)c1ccc(C#N)cc1N)C1CCC1. The van der Waals surface area contributed by atoms with Gasteiger partial charge in [0.15, 0.2) is 0 Å². The molecule has 2 rings (SSSR count). The summed E-state index contributed by atoms with van der Waals surface area (Å²) in [4.78, 5) is 0.0395. The Morgan fingerprint density at radius 1 is 1.47 bits per heavy atom. The zero-order chi connectivity index (χ0) is 14.0. The van der Waals surface area contributed by atoms with Crippen molar-refractivity contribution in [2.24, 2.45) is 5.92 Å². The highest BCUT2D eigenvalue weighted by molar-refractivity contribution is 7.89. The molecule has 1 fully saturated rings. The van der Waals surface area contributed by atoms with Crippen molar-refractivity contribution >= 4 is 15.7 Å². The van der Waals surface area contributed by atoms with Gasteiger partial charge in [-0.1, -0.05) is 6.42 Å². The van der Waals surface area contributed by atoms with E-state index in [2.05, 4.69) is 4.72 Å².